The van der Waals surface area contributed by atoms with Crippen LogP contribution in [0.1, 0.15) is 37.8 Å². The van der Waals surface area contributed by atoms with Crippen LogP contribution >= 0.6 is 0 Å². The van der Waals surface area contributed by atoms with E-state index in [2.05, 4.69) is 24.4 Å². The number of likely N-dealkylation sites (tertiary alicyclic amines) is 1. The molecular formula is C16H24N2O2. The minimum atomic E-state index is 0.215. The minimum Gasteiger partial charge on any atom is -0.497 e. The van der Waals surface area contributed by atoms with Crippen molar-refractivity contribution in [3.8, 4) is 5.75 Å². The van der Waals surface area contributed by atoms with E-state index in [4.69, 9.17) is 4.74 Å². The third-order valence-corrected chi connectivity index (χ3v) is 3.88. The van der Waals surface area contributed by atoms with Crippen LogP contribution in [0.15, 0.2) is 24.3 Å². The van der Waals surface area contributed by atoms with E-state index >= 15 is 0 Å². The molecule has 1 aliphatic heterocycles. The molecule has 1 aliphatic rings. The Hall–Kier alpha value is -1.55. The fourth-order valence-corrected chi connectivity index (χ4v) is 2.62. The molecular weight excluding hydrogens is 252 g/mol. The molecule has 0 aliphatic carbocycles. The predicted molar refractivity (Wildman–Crippen MR) is 79.8 cm³/mol. The van der Waals surface area contributed by atoms with Crippen LogP contribution < -0.4 is 10.1 Å². The van der Waals surface area contributed by atoms with Gasteiger partial charge in [-0.25, -0.2) is 0 Å². The maximum atomic E-state index is 12.0. The number of carbonyl (C=O) groups is 1. The van der Waals surface area contributed by atoms with Crippen molar-refractivity contribution in [2.75, 3.05) is 26.7 Å². The number of hydrogen-bond donors (Lipinski definition) is 1. The summed E-state index contributed by atoms with van der Waals surface area (Å²) in [5.74, 6) is 1.08. The largest absolute Gasteiger partial charge is 0.497 e. The van der Waals surface area contributed by atoms with E-state index < -0.39 is 0 Å². The zero-order valence-electron chi connectivity index (χ0n) is 12.4. The van der Waals surface area contributed by atoms with Crippen molar-refractivity contribution in [1.29, 1.82) is 0 Å². The second-order valence-corrected chi connectivity index (χ2v) is 5.20. The Morgan fingerprint density at radius 3 is 2.50 bits per heavy atom. The van der Waals surface area contributed by atoms with Gasteiger partial charge in [0.05, 0.1) is 13.7 Å². The van der Waals surface area contributed by atoms with Gasteiger partial charge in [-0.1, -0.05) is 19.1 Å². The molecule has 0 bridgehead atoms. The zero-order valence-corrected chi connectivity index (χ0v) is 12.4. The molecule has 1 saturated heterocycles. The van der Waals surface area contributed by atoms with Gasteiger partial charge in [-0.3, -0.25) is 4.79 Å². The average Bonchev–Trinajstić information content (AvgIpc) is 3.02. The Balaban J connectivity index is 1.89. The van der Waals surface area contributed by atoms with Gasteiger partial charge in [0.1, 0.15) is 5.75 Å². The molecule has 1 fully saturated rings. The van der Waals surface area contributed by atoms with Crippen LogP contribution in [0.4, 0.5) is 0 Å². The third-order valence-electron chi connectivity index (χ3n) is 3.88. The first-order valence-corrected chi connectivity index (χ1v) is 7.39. The molecule has 1 unspecified atom stereocenters. The second-order valence-electron chi connectivity index (χ2n) is 5.20. The number of methoxy groups -OCH3 is 1. The summed E-state index contributed by atoms with van der Waals surface area (Å²) >= 11 is 0. The second kappa shape index (κ2) is 7.29. The summed E-state index contributed by atoms with van der Waals surface area (Å²) in [4.78, 5) is 14.0. The number of carbonyl (C=O) groups excluding carboxylic acids is 1. The summed E-state index contributed by atoms with van der Waals surface area (Å²) in [7, 11) is 1.67. The van der Waals surface area contributed by atoms with E-state index in [1.54, 1.807) is 7.11 Å². The van der Waals surface area contributed by atoms with Gasteiger partial charge >= 0.3 is 0 Å². The van der Waals surface area contributed by atoms with Crippen molar-refractivity contribution in [2.45, 2.75) is 32.2 Å². The van der Waals surface area contributed by atoms with E-state index in [0.717, 1.165) is 38.1 Å². The van der Waals surface area contributed by atoms with Crippen LogP contribution in [-0.2, 0) is 4.79 Å². The Kier molecular flexibility index (Phi) is 5.41. The van der Waals surface area contributed by atoms with E-state index in [9.17, 15) is 4.79 Å². The Morgan fingerprint density at radius 2 is 1.95 bits per heavy atom. The number of nitrogens with zero attached hydrogens (tertiary/aromatic N) is 1. The van der Waals surface area contributed by atoms with Crippen molar-refractivity contribution >= 4 is 5.91 Å². The topological polar surface area (TPSA) is 41.6 Å². The van der Waals surface area contributed by atoms with Crippen molar-refractivity contribution in [3.63, 3.8) is 0 Å². The molecule has 4 nitrogen and oxygen atoms in total. The van der Waals surface area contributed by atoms with Gasteiger partial charge in [0.25, 0.3) is 0 Å². The van der Waals surface area contributed by atoms with E-state index in [1.165, 1.54) is 5.56 Å². The Labute approximate surface area is 121 Å². The average molecular weight is 276 g/mol. The molecule has 0 radical (unpaired) electrons. The smallest absolute Gasteiger partial charge is 0.236 e. The quantitative estimate of drug-likeness (QED) is 0.867. The first-order chi connectivity index (χ1) is 9.74. The van der Waals surface area contributed by atoms with E-state index in [-0.39, 0.29) is 11.9 Å². The molecule has 2 rings (SSSR count). The van der Waals surface area contributed by atoms with Crippen LogP contribution in [0, 0.1) is 0 Å². The number of hydrogen-bond acceptors (Lipinski definition) is 3. The Bertz CT molecular complexity index is 425. The lowest BCUT2D eigenvalue weighted by molar-refractivity contribution is -0.129. The lowest BCUT2D eigenvalue weighted by Crippen LogP contribution is -2.37. The lowest BCUT2D eigenvalue weighted by atomic mass is 10.0. The summed E-state index contributed by atoms with van der Waals surface area (Å²) in [6, 6.07) is 8.25. The van der Waals surface area contributed by atoms with Gasteiger partial charge in [0, 0.05) is 19.1 Å². The molecule has 0 saturated carbocycles. The molecule has 1 heterocycles. The summed E-state index contributed by atoms with van der Waals surface area (Å²) in [6.45, 7) is 4.38. The number of rotatable bonds is 6. The van der Waals surface area contributed by atoms with Crippen LogP contribution in [0.2, 0.25) is 0 Å². The number of amides is 1. The van der Waals surface area contributed by atoms with Crippen molar-refractivity contribution in [1.82, 2.24) is 10.2 Å². The molecule has 110 valence electrons. The number of nitrogens with one attached hydrogen (secondary N) is 1. The van der Waals surface area contributed by atoms with E-state index in [0.29, 0.717) is 6.54 Å². The van der Waals surface area contributed by atoms with Gasteiger partial charge in [-0.2, -0.15) is 0 Å². The first kappa shape index (κ1) is 14.9. The molecule has 0 spiro atoms. The fourth-order valence-electron chi connectivity index (χ4n) is 2.62. The first-order valence-electron chi connectivity index (χ1n) is 7.39. The van der Waals surface area contributed by atoms with Gasteiger partial charge in [0.2, 0.25) is 5.91 Å². The summed E-state index contributed by atoms with van der Waals surface area (Å²) < 4.78 is 5.17. The summed E-state index contributed by atoms with van der Waals surface area (Å²) in [6.07, 6.45) is 3.24. The Morgan fingerprint density at radius 1 is 1.30 bits per heavy atom. The van der Waals surface area contributed by atoms with Gasteiger partial charge in [0.15, 0.2) is 0 Å². The fraction of sp³-hybridized carbons (Fsp3) is 0.562. The molecule has 1 atom stereocenters. The standard InChI is InChI=1S/C16H24N2O2/c1-3-15(13-6-8-14(20-2)9-7-13)17-12-16(19)18-10-4-5-11-18/h6-9,15,17H,3-5,10-12H2,1-2H3. The highest BCUT2D eigenvalue weighted by Gasteiger charge is 2.18. The third kappa shape index (κ3) is 3.73. The van der Waals surface area contributed by atoms with Gasteiger partial charge in [-0.05, 0) is 37.0 Å². The number of ether oxygens (including phenoxy) is 1. The highest BCUT2D eigenvalue weighted by atomic mass is 16.5. The normalized spacial score (nSPS) is 16.2. The lowest BCUT2D eigenvalue weighted by Gasteiger charge is -2.20. The molecule has 4 heteroatoms. The van der Waals surface area contributed by atoms with Crippen molar-refractivity contribution in [3.05, 3.63) is 29.8 Å². The van der Waals surface area contributed by atoms with Crippen molar-refractivity contribution < 1.29 is 9.53 Å². The maximum Gasteiger partial charge on any atom is 0.236 e. The maximum absolute atomic E-state index is 12.0. The SMILES string of the molecule is CCC(NCC(=O)N1CCCC1)c1ccc(OC)cc1. The molecule has 1 aromatic carbocycles. The molecule has 1 amide bonds. The summed E-state index contributed by atoms with van der Waals surface area (Å²) in [5.41, 5.74) is 1.20. The summed E-state index contributed by atoms with van der Waals surface area (Å²) in [5, 5.41) is 3.37. The van der Waals surface area contributed by atoms with Crippen LogP contribution in [0.25, 0.3) is 0 Å². The number of benzene rings is 1. The highest BCUT2D eigenvalue weighted by Crippen LogP contribution is 2.20. The molecule has 0 aromatic heterocycles. The monoisotopic (exact) mass is 276 g/mol. The zero-order chi connectivity index (χ0) is 14.4. The molecule has 1 aromatic rings. The molecule has 20 heavy (non-hydrogen) atoms. The van der Waals surface area contributed by atoms with Gasteiger partial charge < -0.3 is 15.0 Å². The molecule has 1 N–H and O–H groups in total. The predicted octanol–water partition coefficient (Wildman–Crippen LogP) is 2.36. The van der Waals surface area contributed by atoms with Gasteiger partial charge in [-0.15, -0.1) is 0 Å². The minimum absolute atomic E-state index is 0.215. The van der Waals surface area contributed by atoms with Crippen molar-refractivity contribution in [2.24, 2.45) is 0 Å². The van der Waals surface area contributed by atoms with Crippen LogP contribution in [-0.4, -0.2) is 37.6 Å². The van der Waals surface area contributed by atoms with Crippen LogP contribution in [0.5, 0.6) is 5.75 Å². The van der Waals surface area contributed by atoms with E-state index in [1.807, 2.05) is 17.0 Å². The van der Waals surface area contributed by atoms with Crippen LogP contribution in [0.3, 0.4) is 0 Å². The highest BCUT2D eigenvalue weighted by molar-refractivity contribution is 5.78.